The molecule has 18 heavy (non-hydrogen) atoms. The molecule has 0 atom stereocenters. The van der Waals surface area contributed by atoms with Crippen molar-refractivity contribution < 1.29 is 0 Å². The molecule has 0 radical (unpaired) electrons. The van der Waals surface area contributed by atoms with Gasteiger partial charge in [-0.05, 0) is 25.1 Å². The van der Waals surface area contributed by atoms with Crippen LogP contribution in [-0.2, 0) is 6.54 Å². The Morgan fingerprint density at radius 2 is 2.22 bits per heavy atom. The first-order valence-corrected chi connectivity index (χ1v) is 7.43. The van der Waals surface area contributed by atoms with E-state index in [1.54, 1.807) is 22.7 Å². The standard InChI is InChI=1S/C12H10ClN3S2/c1-7-14-5-9(17-7)6-15-12-16-10-4-8(13)2-3-11(10)18-12/h2-5H,6H2,1H3,(H,15,16). The maximum absolute atomic E-state index is 5.94. The number of halogens is 1. The zero-order valence-corrected chi connectivity index (χ0v) is 12.0. The number of nitrogens with zero attached hydrogens (tertiary/aromatic N) is 2. The third-order valence-corrected chi connectivity index (χ3v) is 4.57. The van der Waals surface area contributed by atoms with Crippen LogP contribution in [0.1, 0.15) is 9.88 Å². The summed E-state index contributed by atoms with van der Waals surface area (Å²) >= 11 is 9.28. The number of rotatable bonds is 3. The third kappa shape index (κ3) is 2.48. The lowest BCUT2D eigenvalue weighted by atomic mass is 10.3. The molecule has 3 rings (SSSR count). The van der Waals surface area contributed by atoms with Crippen molar-refractivity contribution in [1.29, 1.82) is 0 Å². The molecule has 1 N–H and O–H groups in total. The fourth-order valence-corrected chi connectivity index (χ4v) is 3.37. The summed E-state index contributed by atoms with van der Waals surface area (Å²) in [5.74, 6) is 0. The molecule has 0 aliphatic heterocycles. The van der Waals surface area contributed by atoms with Gasteiger partial charge in [-0.3, -0.25) is 0 Å². The van der Waals surface area contributed by atoms with Gasteiger partial charge in [0.05, 0.1) is 21.8 Å². The Labute approximate surface area is 117 Å². The number of thiazole rings is 2. The van der Waals surface area contributed by atoms with Gasteiger partial charge >= 0.3 is 0 Å². The SMILES string of the molecule is Cc1ncc(CNc2nc3cc(Cl)ccc3s2)s1. The highest BCUT2D eigenvalue weighted by Crippen LogP contribution is 2.28. The Morgan fingerprint density at radius 3 is 3.00 bits per heavy atom. The molecule has 2 aromatic heterocycles. The summed E-state index contributed by atoms with van der Waals surface area (Å²) < 4.78 is 1.14. The minimum Gasteiger partial charge on any atom is -0.357 e. The van der Waals surface area contributed by atoms with Crippen molar-refractivity contribution in [2.75, 3.05) is 5.32 Å². The number of aryl methyl sites for hydroxylation is 1. The van der Waals surface area contributed by atoms with Crippen LogP contribution in [0.25, 0.3) is 10.2 Å². The van der Waals surface area contributed by atoms with E-state index in [-0.39, 0.29) is 0 Å². The van der Waals surface area contributed by atoms with E-state index < -0.39 is 0 Å². The van der Waals surface area contributed by atoms with Crippen LogP contribution in [0, 0.1) is 6.92 Å². The average Bonchev–Trinajstić information content (AvgIpc) is 2.92. The van der Waals surface area contributed by atoms with Gasteiger partial charge in [-0.2, -0.15) is 0 Å². The normalized spacial score (nSPS) is 11.0. The van der Waals surface area contributed by atoms with Gasteiger partial charge in [0, 0.05) is 16.1 Å². The second-order valence-corrected chi connectivity index (χ2v) is 6.62. The fraction of sp³-hybridized carbons (Fsp3) is 0.167. The molecule has 1 aromatic carbocycles. The smallest absolute Gasteiger partial charge is 0.184 e. The van der Waals surface area contributed by atoms with Gasteiger partial charge in [0.1, 0.15) is 0 Å². The van der Waals surface area contributed by atoms with Crippen molar-refractivity contribution in [3.63, 3.8) is 0 Å². The first-order chi connectivity index (χ1) is 8.70. The van der Waals surface area contributed by atoms with Crippen LogP contribution >= 0.6 is 34.3 Å². The number of aromatic nitrogens is 2. The van der Waals surface area contributed by atoms with E-state index in [1.165, 1.54) is 4.88 Å². The lowest BCUT2D eigenvalue weighted by Crippen LogP contribution is -1.96. The maximum Gasteiger partial charge on any atom is 0.184 e. The van der Waals surface area contributed by atoms with E-state index in [0.717, 1.165) is 31.9 Å². The van der Waals surface area contributed by atoms with Crippen LogP contribution in [0.15, 0.2) is 24.4 Å². The van der Waals surface area contributed by atoms with Crippen molar-refractivity contribution in [3.05, 3.63) is 39.3 Å². The van der Waals surface area contributed by atoms with Gasteiger partial charge in [-0.1, -0.05) is 22.9 Å². The quantitative estimate of drug-likeness (QED) is 0.781. The summed E-state index contributed by atoms with van der Waals surface area (Å²) in [5, 5.41) is 6.04. The molecule has 3 nitrogen and oxygen atoms in total. The fourth-order valence-electron chi connectivity index (χ4n) is 1.63. The predicted octanol–water partition coefficient (Wildman–Crippen LogP) is 4.33. The van der Waals surface area contributed by atoms with Gasteiger partial charge in [-0.25, -0.2) is 9.97 Å². The van der Waals surface area contributed by atoms with E-state index in [9.17, 15) is 0 Å². The van der Waals surface area contributed by atoms with Crippen LogP contribution in [0.5, 0.6) is 0 Å². The minimum absolute atomic E-state index is 0.720. The van der Waals surface area contributed by atoms with E-state index in [0.29, 0.717) is 0 Å². The first kappa shape index (κ1) is 11.9. The highest BCUT2D eigenvalue weighted by atomic mass is 35.5. The molecule has 0 saturated carbocycles. The molecule has 0 aliphatic carbocycles. The lowest BCUT2D eigenvalue weighted by Gasteiger charge is -1.97. The zero-order valence-electron chi connectivity index (χ0n) is 9.61. The molecule has 0 spiro atoms. The highest BCUT2D eigenvalue weighted by molar-refractivity contribution is 7.22. The topological polar surface area (TPSA) is 37.8 Å². The summed E-state index contributed by atoms with van der Waals surface area (Å²) in [6.45, 7) is 2.77. The van der Waals surface area contributed by atoms with Gasteiger partial charge in [0.2, 0.25) is 0 Å². The largest absolute Gasteiger partial charge is 0.357 e. The summed E-state index contributed by atoms with van der Waals surface area (Å²) in [7, 11) is 0. The summed E-state index contributed by atoms with van der Waals surface area (Å²) in [6, 6.07) is 5.77. The highest BCUT2D eigenvalue weighted by Gasteiger charge is 2.05. The Balaban J connectivity index is 1.78. The van der Waals surface area contributed by atoms with Crippen molar-refractivity contribution in [2.24, 2.45) is 0 Å². The third-order valence-electron chi connectivity index (χ3n) is 2.43. The number of hydrogen-bond donors (Lipinski definition) is 1. The van der Waals surface area contributed by atoms with E-state index >= 15 is 0 Å². The Kier molecular flexibility index (Phi) is 3.20. The van der Waals surface area contributed by atoms with Crippen molar-refractivity contribution in [3.8, 4) is 0 Å². The molecular weight excluding hydrogens is 286 g/mol. The Morgan fingerprint density at radius 1 is 1.33 bits per heavy atom. The molecule has 0 fully saturated rings. The molecule has 0 saturated heterocycles. The molecule has 0 bridgehead atoms. The number of nitrogens with one attached hydrogen (secondary N) is 1. The van der Waals surface area contributed by atoms with Gasteiger partial charge in [0.15, 0.2) is 5.13 Å². The molecule has 92 valence electrons. The van der Waals surface area contributed by atoms with E-state index in [4.69, 9.17) is 11.6 Å². The van der Waals surface area contributed by atoms with Crippen molar-refractivity contribution in [1.82, 2.24) is 9.97 Å². The molecule has 3 aromatic rings. The average molecular weight is 296 g/mol. The molecule has 2 heterocycles. The molecular formula is C12H10ClN3S2. The van der Waals surface area contributed by atoms with Crippen LogP contribution in [0.4, 0.5) is 5.13 Å². The monoisotopic (exact) mass is 295 g/mol. The number of hydrogen-bond acceptors (Lipinski definition) is 5. The Bertz CT molecular complexity index is 690. The minimum atomic E-state index is 0.720. The van der Waals surface area contributed by atoms with E-state index in [1.807, 2.05) is 31.3 Å². The van der Waals surface area contributed by atoms with E-state index in [2.05, 4.69) is 15.3 Å². The lowest BCUT2D eigenvalue weighted by molar-refractivity contribution is 1.16. The van der Waals surface area contributed by atoms with Gasteiger partial charge in [0.25, 0.3) is 0 Å². The maximum atomic E-state index is 5.94. The van der Waals surface area contributed by atoms with Gasteiger partial charge in [-0.15, -0.1) is 11.3 Å². The molecule has 0 aliphatic rings. The number of benzene rings is 1. The number of anilines is 1. The molecule has 0 amide bonds. The van der Waals surface area contributed by atoms with Gasteiger partial charge < -0.3 is 5.32 Å². The van der Waals surface area contributed by atoms with Crippen LogP contribution in [0.3, 0.4) is 0 Å². The molecule has 0 unspecified atom stereocenters. The zero-order chi connectivity index (χ0) is 12.5. The predicted molar refractivity (Wildman–Crippen MR) is 78.8 cm³/mol. The van der Waals surface area contributed by atoms with Crippen molar-refractivity contribution in [2.45, 2.75) is 13.5 Å². The summed E-state index contributed by atoms with van der Waals surface area (Å²) in [6.07, 6.45) is 1.90. The summed E-state index contributed by atoms with van der Waals surface area (Å²) in [4.78, 5) is 9.94. The van der Waals surface area contributed by atoms with Crippen molar-refractivity contribution >= 4 is 49.6 Å². The van der Waals surface area contributed by atoms with Crippen LogP contribution in [0.2, 0.25) is 5.02 Å². The van der Waals surface area contributed by atoms with Crippen LogP contribution in [-0.4, -0.2) is 9.97 Å². The second kappa shape index (κ2) is 4.84. The van der Waals surface area contributed by atoms with Crippen LogP contribution < -0.4 is 5.32 Å². The Hall–Kier alpha value is -1.17. The first-order valence-electron chi connectivity index (χ1n) is 5.42. The second-order valence-electron chi connectivity index (χ2n) is 3.83. The molecule has 6 heteroatoms. The summed E-state index contributed by atoms with van der Waals surface area (Å²) in [5.41, 5.74) is 0.940. The number of fused-ring (bicyclic) bond motifs is 1.